The number of fused-ring (bicyclic) bond motifs is 1. The number of nitrogens with zero attached hydrogens (tertiary/aromatic N) is 1. The fourth-order valence-corrected chi connectivity index (χ4v) is 5.48. The number of ether oxygens (including phenoxy) is 8. The molecular weight excluding hydrogens is 656 g/mol. The van der Waals surface area contributed by atoms with Crippen molar-refractivity contribution in [2.24, 2.45) is 0 Å². The Balaban J connectivity index is 0.00000541. The summed E-state index contributed by atoms with van der Waals surface area (Å²) in [6.07, 6.45) is 0. The van der Waals surface area contributed by atoms with Gasteiger partial charge in [-0.3, -0.25) is 9.36 Å². The van der Waals surface area contributed by atoms with Gasteiger partial charge in [-0.25, -0.2) is 4.79 Å². The lowest BCUT2D eigenvalue weighted by atomic mass is 9.95. The van der Waals surface area contributed by atoms with Crippen LogP contribution in [0.2, 0.25) is 0 Å². The zero-order valence-corrected chi connectivity index (χ0v) is 28.9. The van der Waals surface area contributed by atoms with Crippen LogP contribution in [0.1, 0.15) is 16.1 Å². The van der Waals surface area contributed by atoms with Gasteiger partial charge in [-0.15, -0.1) is 12.4 Å². The smallest absolute Gasteiger partial charge is 0.355 e. The number of carbonyl (C=O) groups is 1. The molecule has 0 radical (unpaired) electrons. The Kier molecular flexibility index (Phi) is 11.4. The van der Waals surface area contributed by atoms with E-state index in [4.69, 9.17) is 43.6 Å². The maximum Gasteiger partial charge on any atom is 0.355 e. The molecule has 0 spiro atoms. The van der Waals surface area contributed by atoms with Gasteiger partial charge >= 0.3 is 5.97 Å². The number of esters is 1. The second kappa shape index (κ2) is 15.4. The van der Waals surface area contributed by atoms with Crippen molar-refractivity contribution in [3.63, 3.8) is 0 Å². The molecule has 0 aliphatic rings. The number of hydrogen-bond acceptors (Lipinski definition) is 11. The van der Waals surface area contributed by atoms with Crippen molar-refractivity contribution >= 4 is 34.8 Å². The topological polar surface area (TPSA) is 139 Å². The van der Waals surface area contributed by atoms with Gasteiger partial charge < -0.3 is 43.6 Å². The number of halogens is 1. The normalized spacial score (nSPS) is 10.5. The molecule has 0 unspecified atom stereocenters. The first-order chi connectivity index (χ1) is 23.2. The molecule has 0 bridgehead atoms. The van der Waals surface area contributed by atoms with Crippen LogP contribution in [0, 0.1) is 0 Å². The lowest BCUT2D eigenvalue weighted by Gasteiger charge is -2.22. The van der Waals surface area contributed by atoms with Crippen molar-refractivity contribution in [2.75, 3.05) is 55.5 Å². The van der Waals surface area contributed by atoms with E-state index in [1.165, 1.54) is 40.1 Å². The summed E-state index contributed by atoms with van der Waals surface area (Å²) in [7, 11) is 10.3. The van der Waals surface area contributed by atoms with Crippen molar-refractivity contribution in [3.05, 3.63) is 88.3 Å². The first-order valence-corrected chi connectivity index (χ1v) is 14.6. The Hall–Kier alpha value is -5.75. The van der Waals surface area contributed by atoms with Gasteiger partial charge in [0.15, 0.2) is 23.0 Å². The van der Waals surface area contributed by atoms with Crippen LogP contribution in [-0.4, -0.2) is 60.3 Å². The van der Waals surface area contributed by atoms with Crippen LogP contribution < -0.4 is 44.5 Å². The highest BCUT2D eigenvalue weighted by Crippen LogP contribution is 2.45. The van der Waals surface area contributed by atoms with Crippen molar-refractivity contribution in [1.82, 2.24) is 4.57 Å². The van der Waals surface area contributed by atoms with E-state index in [0.29, 0.717) is 62.4 Å². The van der Waals surface area contributed by atoms with Crippen LogP contribution in [-0.2, 0) is 11.3 Å². The molecule has 5 aromatic rings. The van der Waals surface area contributed by atoms with Crippen molar-refractivity contribution in [1.29, 1.82) is 0 Å². The number of nitrogen functional groups attached to an aromatic ring is 1. The average Bonchev–Trinajstić information content (AvgIpc) is 3.12. The molecule has 0 aliphatic carbocycles. The number of hydrogen-bond donors (Lipinski definition) is 1. The fourth-order valence-electron chi connectivity index (χ4n) is 5.48. The molecule has 13 heteroatoms. The molecular formula is C36H37ClN2O10. The van der Waals surface area contributed by atoms with Crippen LogP contribution >= 0.6 is 12.4 Å². The van der Waals surface area contributed by atoms with E-state index < -0.39 is 11.5 Å². The van der Waals surface area contributed by atoms with Gasteiger partial charge in [0, 0.05) is 34.0 Å². The van der Waals surface area contributed by atoms with E-state index >= 15 is 0 Å². The number of carbonyl (C=O) groups excluding carboxylic acids is 1. The van der Waals surface area contributed by atoms with Crippen LogP contribution in [0.3, 0.4) is 0 Å². The number of anilines is 1. The largest absolute Gasteiger partial charge is 0.497 e. The summed E-state index contributed by atoms with van der Waals surface area (Å²) in [6.45, 7) is 0.0845. The summed E-state index contributed by atoms with van der Waals surface area (Å²) in [4.78, 5) is 28.2. The highest BCUT2D eigenvalue weighted by atomic mass is 35.5. The molecule has 1 heterocycles. The molecule has 0 atom stereocenters. The van der Waals surface area contributed by atoms with Gasteiger partial charge in [-0.05, 0) is 66.2 Å². The van der Waals surface area contributed by atoms with E-state index in [0.717, 1.165) is 5.56 Å². The quantitative estimate of drug-likeness (QED) is 0.120. The maximum absolute atomic E-state index is 14.5. The van der Waals surface area contributed by atoms with Crippen molar-refractivity contribution < 1.29 is 42.7 Å². The average molecular weight is 693 g/mol. The summed E-state index contributed by atoms with van der Waals surface area (Å²) < 4.78 is 46.2. The third kappa shape index (κ3) is 6.81. The first kappa shape index (κ1) is 36.1. The number of pyridine rings is 1. The lowest BCUT2D eigenvalue weighted by Crippen LogP contribution is -2.27. The van der Waals surface area contributed by atoms with Crippen LogP contribution in [0.5, 0.6) is 40.2 Å². The van der Waals surface area contributed by atoms with E-state index in [-0.39, 0.29) is 35.8 Å². The van der Waals surface area contributed by atoms with Gasteiger partial charge in [0.25, 0.3) is 5.56 Å². The predicted molar refractivity (Wildman–Crippen MR) is 188 cm³/mol. The molecule has 0 saturated carbocycles. The summed E-state index contributed by atoms with van der Waals surface area (Å²) in [5.74, 6) is 2.04. The molecule has 0 aliphatic heterocycles. The number of benzene rings is 4. The Bertz CT molecular complexity index is 2020. The number of nitrogens with two attached hydrogens (primary N) is 1. The Morgan fingerprint density at radius 2 is 1.29 bits per heavy atom. The molecule has 0 fully saturated rings. The van der Waals surface area contributed by atoms with Crippen LogP contribution in [0.4, 0.5) is 5.69 Å². The number of rotatable bonds is 12. The van der Waals surface area contributed by atoms with Crippen LogP contribution in [0.15, 0.2) is 71.5 Å². The molecule has 1 aromatic heterocycles. The van der Waals surface area contributed by atoms with E-state index in [2.05, 4.69) is 0 Å². The van der Waals surface area contributed by atoms with Gasteiger partial charge in [-0.1, -0.05) is 0 Å². The summed E-state index contributed by atoms with van der Waals surface area (Å²) in [6, 6.07) is 18.5. The standard InChI is InChI=1S/C36H36N2O10.ClH/c1-41-24-13-8-20(27(16-24)42-2)19-48-29-18-26-25(17-28(29)43-3)32(21-14-30(44-4)34(46-6)31(15-21)45-5)33(36(40)47-7)38(35(26)39)23-11-9-22(37)10-12-23;/h8-18H,19,37H2,1-7H3;1H. The summed E-state index contributed by atoms with van der Waals surface area (Å²) >= 11 is 0. The molecule has 4 aromatic carbocycles. The third-order valence-electron chi connectivity index (χ3n) is 7.83. The van der Waals surface area contributed by atoms with Crippen LogP contribution in [0.25, 0.3) is 27.6 Å². The third-order valence-corrected chi connectivity index (χ3v) is 7.83. The summed E-state index contributed by atoms with van der Waals surface area (Å²) in [5.41, 5.74) is 7.82. The zero-order valence-electron chi connectivity index (χ0n) is 28.1. The minimum Gasteiger partial charge on any atom is -0.497 e. The Morgan fingerprint density at radius 1 is 0.673 bits per heavy atom. The predicted octanol–water partition coefficient (Wildman–Crippen LogP) is 6.08. The van der Waals surface area contributed by atoms with Gasteiger partial charge in [0.2, 0.25) is 5.75 Å². The minimum atomic E-state index is -0.763. The first-order valence-electron chi connectivity index (χ1n) is 14.6. The second-order valence-electron chi connectivity index (χ2n) is 10.4. The van der Waals surface area contributed by atoms with Gasteiger partial charge in [-0.2, -0.15) is 0 Å². The van der Waals surface area contributed by atoms with E-state index in [1.54, 1.807) is 74.9 Å². The van der Waals surface area contributed by atoms with E-state index in [9.17, 15) is 9.59 Å². The highest BCUT2D eigenvalue weighted by Gasteiger charge is 2.28. The molecule has 2 N–H and O–H groups in total. The minimum absolute atomic E-state index is 0. The molecule has 12 nitrogen and oxygen atoms in total. The Morgan fingerprint density at radius 3 is 1.84 bits per heavy atom. The molecule has 0 saturated heterocycles. The SMILES string of the molecule is COC(=O)c1c(-c2cc(OC)c(OC)c(OC)c2)c2cc(OC)c(OCc3ccc(OC)cc3OC)cc2c(=O)n1-c1ccc(N)cc1.Cl. The van der Waals surface area contributed by atoms with Gasteiger partial charge in [0.1, 0.15) is 23.8 Å². The fraction of sp³-hybridized carbons (Fsp3) is 0.222. The molecule has 49 heavy (non-hydrogen) atoms. The van der Waals surface area contributed by atoms with Gasteiger partial charge in [0.05, 0.1) is 55.2 Å². The van der Waals surface area contributed by atoms with E-state index in [1.807, 2.05) is 6.07 Å². The molecule has 5 rings (SSSR count). The lowest BCUT2D eigenvalue weighted by molar-refractivity contribution is 0.0591. The van der Waals surface area contributed by atoms with Crippen molar-refractivity contribution in [2.45, 2.75) is 6.61 Å². The molecule has 0 amide bonds. The second-order valence-corrected chi connectivity index (χ2v) is 10.4. The zero-order chi connectivity index (χ0) is 34.5. The number of methoxy groups -OCH3 is 7. The monoisotopic (exact) mass is 692 g/mol. The highest BCUT2D eigenvalue weighted by molar-refractivity contribution is 6.08. The van der Waals surface area contributed by atoms with Crippen molar-refractivity contribution in [3.8, 4) is 57.1 Å². The molecule has 258 valence electrons. The maximum atomic E-state index is 14.5. The Labute approximate surface area is 289 Å². The summed E-state index contributed by atoms with van der Waals surface area (Å²) in [5, 5.41) is 0.605. The number of aromatic nitrogens is 1.